The average Bonchev–Trinajstić information content (AvgIpc) is 2.48. The van der Waals surface area contributed by atoms with Crippen LogP contribution in [0.2, 0.25) is 4.34 Å². The van der Waals surface area contributed by atoms with Crippen LogP contribution in [0.25, 0.3) is 0 Å². The molecule has 14 heavy (non-hydrogen) atoms. The molecule has 0 saturated carbocycles. The van der Waals surface area contributed by atoms with Gasteiger partial charge in [0.25, 0.3) is 0 Å². The highest BCUT2D eigenvalue weighted by Crippen LogP contribution is 2.29. The third-order valence-electron chi connectivity index (χ3n) is 2.50. The molecule has 1 nitrogen and oxygen atoms in total. The third kappa shape index (κ3) is 3.99. The molecule has 80 valence electrons. The fourth-order valence-corrected chi connectivity index (χ4v) is 2.55. The van der Waals surface area contributed by atoms with Crippen LogP contribution in [0.15, 0.2) is 12.1 Å². The van der Waals surface area contributed by atoms with E-state index >= 15 is 0 Å². The first-order chi connectivity index (χ1) is 6.53. The summed E-state index contributed by atoms with van der Waals surface area (Å²) in [6.45, 7) is 5.32. The fourth-order valence-electron chi connectivity index (χ4n) is 1.46. The van der Waals surface area contributed by atoms with E-state index in [1.807, 2.05) is 6.07 Å². The van der Waals surface area contributed by atoms with Crippen molar-refractivity contribution in [3.05, 3.63) is 21.3 Å². The normalized spacial score (nSPS) is 12.0. The first-order valence-electron chi connectivity index (χ1n) is 4.98. The number of halogens is 1. The van der Waals surface area contributed by atoms with Crippen LogP contribution in [0, 0.1) is 5.41 Å². The maximum absolute atomic E-state index is 5.87. The molecule has 1 aromatic rings. The highest BCUT2D eigenvalue weighted by Gasteiger charge is 2.16. The van der Waals surface area contributed by atoms with Gasteiger partial charge in [-0.15, -0.1) is 11.3 Å². The van der Waals surface area contributed by atoms with Gasteiger partial charge in [0.15, 0.2) is 0 Å². The molecule has 0 saturated heterocycles. The van der Waals surface area contributed by atoms with E-state index < -0.39 is 0 Å². The van der Waals surface area contributed by atoms with Crippen LogP contribution in [0.3, 0.4) is 0 Å². The van der Waals surface area contributed by atoms with Gasteiger partial charge >= 0.3 is 0 Å². The second-order valence-corrected chi connectivity index (χ2v) is 6.21. The van der Waals surface area contributed by atoms with E-state index in [0.717, 1.165) is 23.7 Å². The van der Waals surface area contributed by atoms with Crippen LogP contribution >= 0.6 is 22.9 Å². The zero-order valence-electron chi connectivity index (χ0n) is 8.85. The minimum absolute atomic E-state index is 0.352. The van der Waals surface area contributed by atoms with Gasteiger partial charge in [-0.05, 0) is 43.4 Å². The monoisotopic (exact) mass is 231 g/mol. The lowest BCUT2D eigenvalue weighted by molar-refractivity contribution is 0.314. The van der Waals surface area contributed by atoms with E-state index in [2.05, 4.69) is 19.9 Å². The molecule has 0 fully saturated rings. The zero-order valence-corrected chi connectivity index (χ0v) is 10.4. The van der Waals surface area contributed by atoms with Gasteiger partial charge in [-0.2, -0.15) is 0 Å². The Morgan fingerprint density at radius 3 is 2.57 bits per heavy atom. The van der Waals surface area contributed by atoms with Crippen LogP contribution < -0.4 is 5.73 Å². The summed E-state index contributed by atoms with van der Waals surface area (Å²) < 4.78 is 0.886. The predicted molar refractivity (Wildman–Crippen MR) is 65.1 cm³/mol. The van der Waals surface area contributed by atoms with Crippen molar-refractivity contribution < 1.29 is 0 Å². The zero-order chi connectivity index (χ0) is 10.6. The van der Waals surface area contributed by atoms with E-state index in [0.29, 0.717) is 5.41 Å². The number of hydrogen-bond donors (Lipinski definition) is 1. The lowest BCUT2D eigenvalue weighted by atomic mass is 9.84. The van der Waals surface area contributed by atoms with Crippen LogP contribution in [-0.2, 0) is 6.42 Å². The van der Waals surface area contributed by atoms with Gasteiger partial charge in [0.1, 0.15) is 0 Å². The molecular formula is C11H18ClNS. The molecule has 0 aromatic carbocycles. The molecule has 0 aliphatic rings. The molecule has 1 heterocycles. The summed E-state index contributed by atoms with van der Waals surface area (Å²) in [6, 6.07) is 4.09. The Hall–Kier alpha value is -0.0500. The maximum atomic E-state index is 5.87. The Bertz CT molecular complexity index is 281. The minimum atomic E-state index is 0.352. The molecule has 1 aromatic heterocycles. The van der Waals surface area contributed by atoms with E-state index in [9.17, 15) is 0 Å². The molecule has 0 aliphatic carbocycles. The minimum Gasteiger partial charge on any atom is -0.330 e. The van der Waals surface area contributed by atoms with Crippen molar-refractivity contribution in [1.82, 2.24) is 0 Å². The van der Waals surface area contributed by atoms with Crippen molar-refractivity contribution in [3.8, 4) is 0 Å². The first kappa shape index (κ1) is 12.0. The van der Waals surface area contributed by atoms with Crippen molar-refractivity contribution in [3.63, 3.8) is 0 Å². The van der Waals surface area contributed by atoms with Gasteiger partial charge in [0.2, 0.25) is 0 Å². The standard InChI is InChI=1S/C11H18ClNS/c1-11(2,7-8-13)6-5-9-3-4-10(12)14-9/h3-4H,5-8,13H2,1-2H3. The Morgan fingerprint density at radius 1 is 1.36 bits per heavy atom. The lowest BCUT2D eigenvalue weighted by Gasteiger charge is -2.23. The second kappa shape index (κ2) is 5.15. The first-order valence-corrected chi connectivity index (χ1v) is 6.17. The van der Waals surface area contributed by atoms with E-state index in [1.54, 1.807) is 11.3 Å². The number of thiophene rings is 1. The van der Waals surface area contributed by atoms with E-state index in [1.165, 1.54) is 11.3 Å². The van der Waals surface area contributed by atoms with Crippen LogP contribution in [-0.4, -0.2) is 6.54 Å². The molecule has 0 spiro atoms. The summed E-state index contributed by atoms with van der Waals surface area (Å²) in [5, 5.41) is 0. The molecule has 0 unspecified atom stereocenters. The Kier molecular flexibility index (Phi) is 4.42. The maximum Gasteiger partial charge on any atom is 0.0931 e. The number of nitrogens with two attached hydrogens (primary N) is 1. The van der Waals surface area contributed by atoms with Crippen LogP contribution in [0.1, 0.15) is 31.6 Å². The summed E-state index contributed by atoms with van der Waals surface area (Å²) >= 11 is 7.55. The number of hydrogen-bond acceptors (Lipinski definition) is 2. The van der Waals surface area contributed by atoms with Crippen molar-refractivity contribution >= 4 is 22.9 Å². The van der Waals surface area contributed by atoms with Crippen molar-refractivity contribution in [2.45, 2.75) is 33.1 Å². The molecule has 3 heteroatoms. The molecule has 0 aliphatic heterocycles. The quantitative estimate of drug-likeness (QED) is 0.822. The second-order valence-electron chi connectivity index (χ2n) is 4.41. The largest absolute Gasteiger partial charge is 0.330 e. The molecule has 2 N–H and O–H groups in total. The predicted octanol–water partition coefficient (Wildman–Crippen LogP) is 3.71. The Morgan fingerprint density at radius 2 is 2.07 bits per heavy atom. The number of rotatable bonds is 5. The van der Waals surface area contributed by atoms with E-state index in [4.69, 9.17) is 17.3 Å². The Balaban J connectivity index is 2.40. The van der Waals surface area contributed by atoms with Gasteiger partial charge in [0.05, 0.1) is 4.34 Å². The van der Waals surface area contributed by atoms with Crippen molar-refractivity contribution in [2.24, 2.45) is 11.1 Å². The summed E-state index contributed by atoms with van der Waals surface area (Å²) in [7, 11) is 0. The van der Waals surface area contributed by atoms with Crippen molar-refractivity contribution in [2.75, 3.05) is 6.54 Å². The van der Waals surface area contributed by atoms with Crippen LogP contribution in [0.4, 0.5) is 0 Å². The highest BCUT2D eigenvalue weighted by atomic mass is 35.5. The number of aryl methyl sites for hydroxylation is 1. The highest BCUT2D eigenvalue weighted by molar-refractivity contribution is 7.16. The smallest absolute Gasteiger partial charge is 0.0931 e. The summed E-state index contributed by atoms with van der Waals surface area (Å²) in [5.41, 5.74) is 5.92. The Labute approximate surface area is 95.3 Å². The van der Waals surface area contributed by atoms with Crippen molar-refractivity contribution in [1.29, 1.82) is 0 Å². The van der Waals surface area contributed by atoms with Gasteiger partial charge in [-0.1, -0.05) is 25.4 Å². The fraction of sp³-hybridized carbons (Fsp3) is 0.636. The summed E-state index contributed by atoms with van der Waals surface area (Å²) in [4.78, 5) is 1.38. The molecule has 0 radical (unpaired) electrons. The topological polar surface area (TPSA) is 26.0 Å². The van der Waals surface area contributed by atoms with Gasteiger partial charge in [0, 0.05) is 4.88 Å². The van der Waals surface area contributed by atoms with Gasteiger partial charge in [-0.25, -0.2) is 0 Å². The SMILES string of the molecule is CC(C)(CCN)CCc1ccc(Cl)s1. The lowest BCUT2D eigenvalue weighted by Crippen LogP contribution is -2.17. The molecular weight excluding hydrogens is 214 g/mol. The van der Waals surface area contributed by atoms with E-state index in [-0.39, 0.29) is 0 Å². The third-order valence-corrected chi connectivity index (χ3v) is 3.79. The summed E-state index contributed by atoms with van der Waals surface area (Å²) in [6.07, 6.45) is 3.39. The average molecular weight is 232 g/mol. The molecule has 1 rings (SSSR count). The van der Waals surface area contributed by atoms with Crippen LogP contribution in [0.5, 0.6) is 0 Å². The van der Waals surface area contributed by atoms with Gasteiger partial charge in [-0.3, -0.25) is 0 Å². The summed E-state index contributed by atoms with van der Waals surface area (Å²) in [5.74, 6) is 0. The molecule has 0 amide bonds. The molecule has 0 bridgehead atoms. The molecule has 0 atom stereocenters. The van der Waals surface area contributed by atoms with Gasteiger partial charge < -0.3 is 5.73 Å².